The number of halogens is 1. The van der Waals surface area contributed by atoms with Crippen molar-refractivity contribution in [3.63, 3.8) is 0 Å². The number of methoxy groups -OCH3 is 1. The summed E-state index contributed by atoms with van der Waals surface area (Å²) < 4.78 is 25.6. The average Bonchev–Trinajstić information content (AvgIpc) is 3.53. The fourth-order valence-corrected chi connectivity index (χ4v) is 4.97. The molecule has 1 N–H and O–H groups in total. The maximum atomic E-state index is 14.4. The molecule has 34 heavy (non-hydrogen) atoms. The van der Waals surface area contributed by atoms with Gasteiger partial charge in [0.05, 0.1) is 29.3 Å². The standard InChI is InChI=1S/C25H21FN4O2S2/c1-14-9-10-17(13-19(14)26)30-15(2)21(24-28-23(29-32-24)20-8-5-11-34-20)22(27-25(30)33)16-6-4-7-18(12-16)31-3/h4-13,22H,1-3H3,(H,27,33). The second-order valence-electron chi connectivity index (χ2n) is 7.83. The Kier molecular flexibility index (Phi) is 5.89. The van der Waals surface area contributed by atoms with Gasteiger partial charge in [-0.3, -0.25) is 4.90 Å². The largest absolute Gasteiger partial charge is 0.497 e. The van der Waals surface area contributed by atoms with E-state index < -0.39 is 0 Å². The summed E-state index contributed by atoms with van der Waals surface area (Å²) >= 11 is 7.27. The molecule has 3 heterocycles. The molecule has 1 atom stereocenters. The Morgan fingerprint density at radius 1 is 1.15 bits per heavy atom. The number of thiocarbonyl (C=S) groups is 1. The minimum Gasteiger partial charge on any atom is -0.497 e. The summed E-state index contributed by atoms with van der Waals surface area (Å²) in [6.07, 6.45) is 0. The normalized spacial score (nSPS) is 16.1. The van der Waals surface area contributed by atoms with E-state index in [0.717, 1.165) is 27.5 Å². The first-order valence-electron chi connectivity index (χ1n) is 10.6. The predicted molar refractivity (Wildman–Crippen MR) is 135 cm³/mol. The van der Waals surface area contributed by atoms with Gasteiger partial charge in [-0.2, -0.15) is 4.98 Å². The number of allylic oxidation sites excluding steroid dienone is 1. The summed E-state index contributed by atoms with van der Waals surface area (Å²) in [7, 11) is 1.62. The highest BCUT2D eigenvalue weighted by atomic mass is 32.1. The SMILES string of the molecule is COc1cccc(C2NC(=S)N(c3ccc(C)c(F)c3)C(C)=C2c2nc(-c3cccs3)no2)c1. The number of aryl methyl sites for hydroxylation is 1. The fraction of sp³-hybridized carbons (Fsp3) is 0.160. The minimum atomic E-state index is -0.370. The molecule has 6 nitrogen and oxygen atoms in total. The molecule has 2 aromatic carbocycles. The van der Waals surface area contributed by atoms with E-state index in [1.807, 2.05) is 54.8 Å². The summed E-state index contributed by atoms with van der Waals surface area (Å²) in [5.41, 5.74) is 3.60. The molecular formula is C25H21FN4O2S2. The first kappa shape index (κ1) is 22.2. The zero-order valence-corrected chi connectivity index (χ0v) is 20.3. The highest BCUT2D eigenvalue weighted by molar-refractivity contribution is 7.80. The molecule has 0 saturated carbocycles. The van der Waals surface area contributed by atoms with Gasteiger partial charge in [0.2, 0.25) is 5.82 Å². The fourth-order valence-electron chi connectivity index (χ4n) is 3.96. The van der Waals surface area contributed by atoms with Crippen molar-refractivity contribution in [2.45, 2.75) is 19.9 Å². The summed E-state index contributed by atoms with van der Waals surface area (Å²) in [5.74, 6) is 1.29. The van der Waals surface area contributed by atoms with Crippen LogP contribution >= 0.6 is 23.6 Å². The lowest BCUT2D eigenvalue weighted by molar-refractivity contribution is 0.403. The molecule has 0 fully saturated rings. The van der Waals surface area contributed by atoms with E-state index in [2.05, 4.69) is 15.5 Å². The summed E-state index contributed by atoms with van der Waals surface area (Å²) in [6.45, 7) is 3.64. The lowest BCUT2D eigenvalue weighted by atomic mass is 9.94. The van der Waals surface area contributed by atoms with Gasteiger partial charge in [-0.15, -0.1) is 11.3 Å². The first-order valence-corrected chi connectivity index (χ1v) is 11.8. The Bertz CT molecular complexity index is 1400. The maximum Gasteiger partial charge on any atom is 0.258 e. The zero-order valence-electron chi connectivity index (χ0n) is 18.7. The van der Waals surface area contributed by atoms with Gasteiger partial charge >= 0.3 is 0 Å². The van der Waals surface area contributed by atoms with Crippen molar-refractivity contribution in [1.29, 1.82) is 0 Å². The van der Waals surface area contributed by atoms with Crippen molar-refractivity contribution in [2.75, 3.05) is 12.0 Å². The van der Waals surface area contributed by atoms with Crippen LogP contribution in [0.3, 0.4) is 0 Å². The van der Waals surface area contributed by atoms with E-state index >= 15 is 0 Å². The van der Waals surface area contributed by atoms with Crippen molar-refractivity contribution in [3.05, 3.63) is 88.5 Å². The molecular weight excluding hydrogens is 471 g/mol. The van der Waals surface area contributed by atoms with E-state index in [1.165, 1.54) is 17.4 Å². The third kappa shape index (κ3) is 3.97. The van der Waals surface area contributed by atoms with Crippen LogP contribution in [0.1, 0.15) is 30.0 Å². The molecule has 5 rings (SSSR count). The van der Waals surface area contributed by atoms with Gasteiger partial charge in [0.25, 0.3) is 5.89 Å². The molecule has 2 aromatic heterocycles. The lowest BCUT2D eigenvalue weighted by Gasteiger charge is -2.37. The Morgan fingerprint density at radius 2 is 2.00 bits per heavy atom. The first-order chi connectivity index (χ1) is 16.5. The van der Waals surface area contributed by atoms with Crippen LogP contribution in [0.4, 0.5) is 10.1 Å². The van der Waals surface area contributed by atoms with Crippen molar-refractivity contribution >= 4 is 39.9 Å². The van der Waals surface area contributed by atoms with Gasteiger partial charge in [0, 0.05) is 5.70 Å². The third-order valence-electron chi connectivity index (χ3n) is 5.72. The van der Waals surface area contributed by atoms with Gasteiger partial charge in [-0.1, -0.05) is 29.4 Å². The van der Waals surface area contributed by atoms with Gasteiger partial charge in [-0.25, -0.2) is 4.39 Å². The molecule has 1 aliphatic heterocycles. The molecule has 9 heteroatoms. The number of thiophene rings is 1. The van der Waals surface area contributed by atoms with E-state index in [-0.39, 0.29) is 11.9 Å². The van der Waals surface area contributed by atoms with Crippen molar-refractivity contribution in [3.8, 4) is 16.5 Å². The number of anilines is 1. The number of rotatable bonds is 5. The van der Waals surface area contributed by atoms with Crippen LogP contribution in [0.25, 0.3) is 16.3 Å². The van der Waals surface area contributed by atoms with Crippen molar-refractivity contribution in [2.24, 2.45) is 0 Å². The van der Waals surface area contributed by atoms with Crippen LogP contribution in [0, 0.1) is 12.7 Å². The Hall–Kier alpha value is -3.56. The molecule has 1 aliphatic rings. The number of aromatic nitrogens is 2. The molecule has 4 aromatic rings. The molecule has 0 saturated heterocycles. The van der Waals surface area contributed by atoms with Crippen LogP contribution in [0.5, 0.6) is 5.75 Å². The Balaban J connectivity index is 1.67. The second kappa shape index (κ2) is 9.00. The summed E-state index contributed by atoms with van der Waals surface area (Å²) in [4.78, 5) is 7.39. The monoisotopic (exact) mass is 492 g/mol. The van der Waals surface area contributed by atoms with Crippen LogP contribution < -0.4 is 15.0 Å². The van der Waals surface area contributed by atoms with E-state index in [4.69, 9.17) is 21.5 Å². The molecule has 0 spiro atoms. The van der Waals surface area contributed by atoms with Gasteiger partial charge in [0.15, 0.2) is 5.11 Å². The number of benzene rings is 2. The van der Waals surface area contributed by atoms with Crippen molar-refractivity contribution < 1.29 is 13.7 Å². The summed E-state index contributed by atoms with van der Waals surface area (Å²) in [6, 6.07) is 16.3. The third-order valence-corrected chi connectivity index (χ3v) is 6.89. The van der Waals surface area contributed by atoms with Gasteiger partial charge < -0.3 is 14.6 Å². The highest BCUT2D eigenvalue weighted by Crippen LogP contribution is 2.40. The molecule has 0 radical (unpaired) electrons. The number of ether oxygens (including phenoxy) is 1. The summed E-state index contributed by atoms with van der Waals surface area (Å²) in [5, 5.41) is 9.99. The molecule has 1 unspecified atom stereocenters. The van der Waals surface area contributed by atoms with Gasteiger partial charge in [-0.05, 0) is 72.9 Å². The number of hydrogen-bond acceptors (Lipinski definition) is 6. The van der Waals surface area contributed by atoms with Crippen molar-refractivity contribution in [1.82, 2.24) is 15.5 Å². The smallest absolute Gasteiger partial charge is 0.258 e. The van der Waals surface area contributed by atoms with E-state index in [9.17, 15) is 4.39 Å². The topological polar surface area (TPSA) is 63.4 Å². The van der Waals surface area contributed by atoms with E-state index in [0.29, 0.717) is 28.1 Å². The quantitative estimate of drug-likeness (QED) is 0.337. The van der Waals surface area contributed by atoms with Crippen LogP contribution in [-0.4, -0.2) is 22.4 Å². The molecule has 172 valence electrons. The van der Waals surface area contributed by atoms with E-state index in [1.54, 1.807) is 25.0 Å². The predicted octanol–water partition coefficient (Wildman–Crippen LogP) is 6.12. The molecule has 0 bridgehead atoms. The zero-order chi connectivity index (χ0) is 23.8. The second-order valence-corrected chi connectivity index (χ2v) is 9.16. The Labute approximate surface area is 205 Å². The van der Waals surface area contributed by atoms with Gasteiger partial charge in [0.1, 0.15) is 11.6 Å². The van der Waals surface area contributed by atoms with Crippen LogP contribution in [0.15, 0.2) is 70.2 Å². The number of nitrogens with one attached hydrogen (secondary N) is 1. The van der Waals surface area contributed by atoms with Crippen LogP contribution in [0.2, 0.25) is 0 Å². The Morgan fingerprint density at radius 3 is 2.74 bits per heavy atom. The number of nitrogens with zero attached hydrogens (tertiary/aromatic N) is 3. The average molecular weight is 493 g/mol. The lowest BCUT2D eigenvalue weighted by Crippen LogP contribution is -2.46. The highest BCUT2D eigenvalue weighted by Gasteiger charge is 2.35. The van der Waals surface area contributed by atoms with Crippen LogP contribution in [-0.2, 0) is 0 Å². The maximum absolute atomic E-state index is 14.4. The number of hydrogen-bond donors (Lipinski definition) is 1. The molecule has 0 aliphatic carbocycles. The molecule has 0 amide bonds. The minimum absolute atomic E-state index is 0.303.